The Balaban J connectivity index is 2.21. The normalized spacial score (nSPS) is 12.1. The lowest BCUT2D eigenvalue weighted by atomic mass is 10.1. The van der Waals surface area contributed by atoms with Crippen LogP contribution in [-0.2, 0) is 16.0 Å². The Morgan fingerprint density at radius 1 is 1.28 bits per heavy atom. The largest absolute Gasteiger partial charge is 0.466 e. The highest BCUT2D eigenvalue weighted by molar-refractivity contribution is 5.72. The number of hydrogen-bond donors (Lipinski definition) is 1. The maximum atomic E-state index is 11.6. The minimum absolute atomic E-state index is 0.0271. The quantitative estimate of drug-likeness (QED) is 0.568. The number of esters is 1. The van der Waals surface area contributed by atoms with E-state index in [1.54, 1.807) is 0 Å². The van der Waals surface area contributed by atoms with Crippen LogP contribution in [0.3, 0.4) is 0 Å². The fraction of sp³-hybridized carbons (Fsp3) is 0.533. The van der Waals surface area contributed by atoms with E-state index in [0.29, 0.717) is 13.2 Å². The van der Waals surface area contributed by atoms with Crippen LogP contribution in [0.2, 0.25) is 0 Å². The van der Waals surface area contributed by atoms with E-state index in [9.17, 15) is 4.79 Å². The molecule has 3 nitrogen and oxygen atoms in total. The van der Waals surface area contributed by atoms with E-state index in [-0.39, 0.29) is 11.9 Å². The molecule has 0 amide bonds. The number of benzene rings is 1. The van der Waals surface area contributed by atoms with Crippen LogP contribution >= 0.6 is 0 Å². The summed E-state index contributed by atoms with van der Waals surface area (Å²) in [6.07, 6.45) is 1.80. The monoisotopic (exact) mass is 249 g/mol. The predicted octanol–water partition coefficient (Wildman–Crippen LogP) is 2.41. The summed E-state index contributed by atoms with van der Waals surface area (Å²) in [7, 11) is 0. The first-order valence-electron chi connectivity index (χ1n) is 6.69. The first-order valence-corrected chi connectivity index (χ1v) is 6.69. The van der Waals surface area contributed by atoms with Crippen LogP contribution in [0.4, 0.5) is 0 Å². The minimum Gasteiger partial charge on any atom is -0.466 e. The van der Waals surface area contributed by atoms with Crippen molar-refractivity contribution in [1.82, 2.24) is 5.32 Å². The average Bonchev–Trinajstić information content (AvgIpc) is 2.40. The van der Waals surface area contributed by atoms with Gasteiger partial charge >= 0.3 is 5.97 Å². The second-order valence-corrected chi connectivity index (χ2v) is 4.30. The minimum atomic E-state index is -0.0905. The van der Waals surface area contributed by atoms with Gasteiger partial charge in [0.15, 0.2) is 0 Å². The number of rotatable bonds is 8. The highest BCUT2D eigenvalue weighted by Gasteiger charge is 2.16. The molecule has 100 valence electrons. The van der Waals surface area contributed by atoms with Gasteiger partial charge in [0.2, 0.25) is 0 Å². The van der Waals surface area contributed by atoms with Crippen LogP contribution in [-0.4, -0.2) is 25.7 Å². The Labute approximate surface area is 110 Å². The summed E-state index contributed by atoms with van der Waals surface area (Å²) in [5, 5.41) is 3.32. The van der Waals surface area contributed by atoms with Gasteiger partial charge in [-0.25, -0.2) is 0 Å². The molecular formula is C15H23NO2. The summed E-state index contributed by atoms with van der Waals surface area (Å²) in [5.41, 5.74) is 1.31. The first-order chi connectivity index (χ1) is 8.77. The SMILES string of the molecule is CCOC(=O)C(CC)CNCCc1ccccc1. The number of carbonyl (C=O) groups is 1. The van der Waals surface area contributed by atoms with E-state index in [0.717, 1.165) is 19.4 Å². The summed E-state index contributed by atoms with van der Waals surface area (Å²) in [6, 6.07) is 10.3. The van der Waals surface area contributed by atoms with Crippen LogP contribution in [0.15, 0.2) is 30.3 Å². The van der Waals surface area contributed by atoms with Crippen molar-refractivity contribution in [3.05, 3.63) is 35.9 Å². The number of ether oxygens (including phenoxy) is 1. The number of carbonyl (C=O) groups excluding carboxylic acids is 1. The van der Waals surface area contributed by atoms with Crippen LogP contribution in [0.5, 0.6) is 0 Å². The Bertz CT molecular complexity index is 338. The van der Waals surface area contributed by atoms with Gasteiger partial charge in [-0.3, -0.25) is 4.79 Å². The average molecular weight is 249 g/mol. The second-order valence-electron chi connectivity index (χ2n) is 4.30. The summed E-state index contributed by atoms with van der Waals surface area (Å²) < 4.78 is 5.03. The van der Waals surface area contributed by atoms with Crippen LogP contribution in [0.25, 0.3) is 0 Å². The van der Waals surface area contributed by atoms with Gasteiger partial charge in [0.25, 0.3) is 0 Å². The Kier molecular flexibility index (Phi) is 7.11. The molecule has 1 rings (SSSR count). The molecule has 0 radical (unpaired) electrons. The molecule has 1 aromatic carbocycles. The third kappa shape index (κ3) is 5.32. The van der Waals surface area contributed by atoms with Crippen molar-refractivity contribution in [1.29, 1.82) is 0 Å². The highest BCUT2D eigenvalue weighted by Crippen LogP contribution is 2.04. The summed E-state index contributed by atoms with van der Waals surface area (Å²) >= 11 is 0. The first kappa shape index (κ1) is 14.7. The van der Waals surface area contributed by atoms with Crippen LogP contribution < -0.4 is 5.32 Å². The lowest BCUT2D eigenvalue weighted by molar-refractivity contribution is -0.147. The molecule has 0 saturated heterocycles. The smallest absolute Gasteiger partial charge is 0.310 e. The molecule has 1 atom stereocenters. The van der Waals surface area contributed by atoms with Gasteiger partial charge < -0.3 is 10.1 Å². The third-order valence-electron chi connectivity index (χ3n) is 2.94. The zero-order valence-electron chi connectivity index (χ0n) is 11.3. The number of nitrogens with one attached hydrogen (secondary N) is 1. The van der Waals surface area contributed by atoms with Gasteiger partial charge in [-0.2, -0.15) is 0 Å². The van der Waals surface area contributed by atoms with Gasteiger partial charge in [-0.15, -0.1) is 0 Å². The third-order valence-corrected chi connectivity index (χ3v) is 2.94. The van der Waals surface area contributed by atoms with E-state index >= 15 is 0 Å². The topological polar surface area (TPSA) is 38.3 Å². The van der Waals surface area contributed by atoms with Crippen molar-refractivity contribution in [3.8, 4) is 0 Å². The van der Waals surface area contributed by atoms with E-state index in [4.69, 9.17) is 4.74 Å². The van der Waals surface area contributed by atoms with Crippen LogP contribution in [0.1, 0.15) is 25.8 Å². The van der Waals surface area contributed by atoms with Gasteiger partial charge in [0, 0.05) is 6.54 Å². The molecule has 18 heavy (non-hydrogen) atoms. The molecule has 1 N–H and O–H groups in total. The Morgan fingerprint density at radius 3 is 2.61 bits per heavy atom. The molecule has 0 fully saturated rings. The van der Waals surface area contributed by atoms with Crippen molar-refractivity contribution in [3.63, 3.8) is 0 Å². The maximum Gasteiger partial charge on any atom is 0.310 e. The van der Waals surface area contributed by atoms with Crippen molar-refractivity contribution >= 4 is 5.97 Å². The van der Waals surface area contributed by atoms with Gasteiger partial charge in [0.1, 0.15) is 0 Å². The van der Waals surface area contributed by atoms with Gasteiger partial charge in [0.05, 0.1) is 12.5 Å². The molecule has 0 aliphatic heterocycles. The van der Waals surface area contributed by atoms with Gasteiger partial charge in [-0.05, 0) is 31.9 Å². The lowest BCUT2D eigenvalue weighted by Crippen LogP contribution is -2.30. The molecule has 0 aromatic heterocycles. The zero-order chi connectivity index (χ0) is 13.2. The predicted molar refractivity (Wildman–Crippen MR) is 73.4 cm³/mol. The number of hydrogen-bond acceptors (Lipinski definition) is 3. The zero-order valence-corrected chi connectivity index (χ0v) is 11.3. The fourth-order valence-electron chi connectivity index (χ4n) is 1.81. The fourth-order valence-corrected chi connectivity index (χ4v) is 1.81. The molecule has 0 aliphatic carbocycles. The van der Waals surface area contributed by atoms with Crippen molar-refractivity contribution < 1.29 is 9.53 Å². The van der Waals surface area contributed by atoms with Crippen molar-refractivity contribution in [2.45, 2.75) is 26.7 Å². The van der Waals surface area contributed by atoms with Crippen LogP contribution in [0, 0.1) is 5.92 Å². The second kappa shape index (κ2) is 8.70. The molecule has 0 bridgehead atoms. The Hall–Kier alpha value is -1.35. The molecule has 0 spiro atoms. The molecule has 3 heteroatoms. The molecule has 0 saturated carbocycles. The Morgan fingerprint density at radius 2 is 2.00 bits per heavy atom. The molecule has 1 aromatic rings. The summed E-state index contributed by atoms with van der Waals surface area (Å²) in [4.78, 5) is 11.6. The van der Waals surface area contributed by atoms with E-state index in [1.807, 2.05) is 32.0 Å². The molecule has 0 aliphatic rings. The van der Waals surface area contributed by atoms with Crippen molar-refractivity contribution in [2.75, 3.05) is 19.7 Å². The van der Waals surface area contributed by atoms with E-state index in [2.05, 4.69) is 17.4 Å². The lowest BCUT2D eigenvalue weighted by Gasteiger charge is -2.14. The molecule has 1 unspecified atom stereocenters. The summed E-state index contributed by atoms with van der Waals surface area (Å²) in [5.74, 6) is -0.118. The van der Waals surface area contributed by atoms with E-state index < -0.39 is 0 Å². The highest BCUT2D eigenvalue weighted by atomic mass is 16.5. The van der Waals surface area contributed by atoms with E-state index in [1.165, 1.54) is 5.56 Å². The molecular weight excluding hydrogens is 226 g/mol. The molecule has 0 heterocycles. The standard InChI is InChI=1S/C15H23NO2/c1-3-14(15(17)18-4-2)12-16-11-10-13-8-6-5-7-9-13/h5-9,14,16H,3-4,10-12H2,1-2H3. The maximum absolute atomic E-state index is 11.6. The van der Waals surface area contributed by atoms with Gasteiger partial charge in [-0.1, -0.05) is 37.3 Å². The summed E-state index contributed by atoms with van der Waals surface area (Å²) in [6.45, 7) is 5.90. The van der Waals surface area contributed by atoms with Crippen molar-refractivity contribution in [2.24, 2.45) is 5.92 Å².